The van der Waals surface area contributed by atoms with Gasteiger partial charge >= 0.3 is 0 Å². The van der Waals surface area contributed by atoms with E-state index in [9.17, 15) is 0 Å². The van der Waals surface area contributed by atoms with Gasteiger partial charge in [0, 0.05) is 12.1 Å². The molecule has 112 valence electrons. The molecule has 20 heavy (non-hydrogen) atoms. The fourth-order valence-electron chi connectivity index (χ4n) is 2.97. The molecule has 0 aliphatic heterocycles. The average molecular weight is 277 g/mol. The summed E-state index contributed by atoms with van der Waals surface area (Å²) >= 11 is 0. The van der Waals surface area contributed by atoms with E-state index in [1.54, 1.807) is 7.11 Å². The number of nitrogens with one attached hydrogen (secondary N) is 1. The number of ether oxygens (including phenoxy) is 2. The molecule has 0 unspecified atom stereocenters. The van der Waals surface area contributed by atoms with Crippen molar-refractivity contribution >= 4 is 0 Å². The van der Waals surface area contributed by atoms with E-state index in [2.05, 4.69) is 11.4 Å². The van der Waals surface area contributed by atoms with E-state index < -0.39 is 0 Å². The molecule has 0 atom stereocenters. The summed E-state index contributed by atoms with van der Waals surface area (Å²) in [6, 6.07) is 6.09. The summed E-state index contributed by atoms with van der Waals surface area (Å²) < 4.78 is 11.1. The molecular formula is C17H27NO2. The lowest BCUT2D eigenvalue weighted by molar-refractivity contribution is 0.304. The van der Waals surface area contributed by atoms with Gasteiger partial charge in [-0.15, -0.1) is 0 Å². The van der Waals surface area contributed by atoms with Crippen LogP contribution in [0.15, 0.2) is 18.2 Å². The van der Waals surface area contributed by atoms with Gasteiger partial charge in [-0.05, 0) is 38.3 Å². The fraction of sp³-hybridized carbons (Fsp3) is 0.647. The Morgan fingerprint density at radius 2 is 2.00 bits per heavy atom. The van der Waals surface area contributed by atoms with E-state index in [0.29, 0.717) is 6.61 Å². The monoisotopic (exact) mass is 277 g/mol. The predicted octanol–water partition coefficient (Wildman–Crippen LogP) is 3.76. The van der Waals surface area contributed by atoms with Crippen molar-refractivity contribution in [1.29, 1.82) is 0 Å². The van der Waals surface area contributed by atoms with Crippen LogP contribution in [0.2, 0.25) is 0 Å². The molecule has 2 rings (SSSR count). The molecule has 3 nitrogen and oxygen atoms in total. The minimum absolute atomic E-state index is 0.663. The van der Waals surface area contributed by atoms with Crippen LogP contribution in [0.25, 0.3) is 0 Å². The zero-order chi connectivity index (χ0) is 14.2. The highest BCUT2D eigenvalue weighted by Gasteiger charge is 2.14. The number of hydrogen-bond acceptors (Lipinski definition) is 3. The van der Waals surface area contributed by atoms with Gasteiger partial charge in [0.25, 0.3) is 0 Å². The van der Waals surface area contributed by atoms with E-state index in [-0.39, 0.29) is 0 Å². The van der Waals surface area contributed by atoms with Crippen molar-refractivity contribution in [3.05, 3.63) is 23.8 Å². The molecule has 1 saturated carbocycles. The molecule has 0 heterocycles. The molecule has 0 amide bonds. The zero-order valence-electron chi connectivity index (χ0n) is 12.8. The molecule has 0 bridgehead atoms. The van der Waals surface area contributed by atoms with E-state index >= 15 is 0 Å². The molecule has 0 spiro atoms. The predicted molar refractivity (Wildman–Crippen MR) is 82.4 cm³/mol. The van der Waals surface area contributed by atoms with Gasteiger partial charge in [0.05, 0.1) is 13.7 Å². The zero-order valence-corrected chi connectivity index (χ0v) is 12.8. The van der Waals surface area contributed by atoms with E-state index in [0.717, 1.165) is 30.5 Å². The van der Waals surface area contributed by atoms with E-state index in [1.807, 2.05) is 19.1 Å². The highest BCUT2D eigenvalue weighted by Crippen LogP contribution is 2.31. The number of para-hydroxylation sites is 1. The van der Waals surface area contributed by atoms with Crippen molar-refractivity contribution in [2.45, 2.75) is 45.6 Å². The van der Waals surface area contributed by atoms with Crippen molar-refractivity contribution in [2.75, 3.05) is 20.3 Å². The third kappa shape index (κ3) is 4.14. The van der Waals surface area contributed by atoms with Crippen molar-refractivity contribution < 1.29 is 9.47 Å². The second-order valence-corrected chi connectivity index (χ2v) is 5.52. The van der Waals surface area contributed by atoms with Gasteiger partial charge < -0.3 is 14.8 Å². The Balaban J connectivity index is 1.90. The van der Waals surface area contributed by atoms with Crippen LogP contribution in [0.3, 0.4) is 0 Å². The highest BCUT2D eigenvalue weighted by molar-refractivity contribution is 5.46. The van der Waals surface area contributed by atoms with Crippen LogP contribution in [0.5, 0.6) is 11.5 Å². The number of benzene rings is 1. The summed E-state index contributed by atoms with van der Waals surface area (Å²) in [6.45, 7) is 4.63. The Bertz CT molecular complexity index is 400. The van der Waals surface area contributed by atoms with Gasteiger partial charge in [-0.1, -0.05) is 31.4 Å². The molecule has 1 fully saturated rings. The Hall–Kier alpha value is -1.22. The summed E-state index contributed by atoms with van der Waals surface area (Å²) in [6.07, 6.45) is 6.97. The lowest BCUT2D eigenvalue weighted by Gasteiger charge is -2.22. The van der Waals surface area contributed by atoms with Crippen molar-refractivity contribution in [3.8, 4) is 11.5 Å². The molecule has 1 aliphatic carbocycles. The summed E-state index contributed by atoms with van der Waals surface area (Å²) in [7, 11) is 1.69. The average Bonchev–Trinajstić information content (AvgIpc) is 2.50. The van der Waals surface area contributed by atoms with Crippen LogP contribution >= 0.6 is 0 Å². The van der Waals surface area contributed by atoms with Gasteiger partial charge in [0.1, 0.15) is 0 Å². The second kappa shape index (κ2) is 8.15. The summed E-state index contributed by atoms with van der Waals surface area (Å²) in [4.78, 5) is 0. The molecule has 0 radical (unpaired) electrons. The first-order valence-corrected chi connectivity index (χ1v) is 7.84. The first-order valence-electron chi connectivity index (χ1n) is 7.84. The molecule has 1 N–H and O–H groups in total. The van der Waals surface area contributed by atoms with Crippen molar-refractivity contribution in [3.63, 3.8) is 0 Å². The maximum Gasteiger partial charge on any atom is 0.165 e. The Morgan fingerprint density at radius 1 is 1.20 bits per heavy atom. The largest absolute Gasteiger partial charge is 0.493 e. The smallest absolute Gasteiger partial charge is 0.165 e. The molecule has 1 aromatic carbocycles. The standard InChI is InChI=1S/C17H27NO2/c1-3-20-17-15(10-7-11-16(17)19-2)13-18-12-14-8-5-4-6-9-14/h7,10-11,14,18H,3-6,8-9,12-13H2,1-2H3. The minimum atomic E-state index is 0.663. The maximum atomic E-state index is 5.74. The van der Waals surface area contributed by atoms with Crippen LogP contribution in [-0.2, 0) is 6.54 Å². The quantitative estimate of drug-likeness (QED) is 0.823. The second-order valence-electron chi connectivity index (χ2n) is 5.52. The molecule has 3 heteroatoms. The van der Waals surface area contributed by atoms with Crippen molar-refractivity contribution in [1.82, 2.24) is 5.32 Å². The topological polar surface area (TPSA) is 30.5 Å². The van der Waals surface area contributed by atoms with E-state index in [1.165, 1.54) is 37.7 Å². The van der Waals surface area contributed by atoms with Crippen LogP contribution < -0.4 is 14.8 Å². The Kier molecular flexibility index (Phi) is 6.19. The van der Waals surface area contributed by atoms with E-state index in [4.69, 9.17) is 9.47 Å². The third-order valence-corrected chi connectivity index (χ3v) is 4.04. The van der Waals surface area contributed by atoms with Crippen LogP contribution in [0.1, 0.15) is 44.6 Å². The summed E-state index contributed by atoms with van der Waals surface area (Å²) in [5.41, 5.74) is 1.18. The lowest BCUT2D eigenvalue weighted by Crippen LogP contribution is -2.24. The number of hydrogen-bond donors (Lipinski definition) is 1. The van der Waals surface area contributed by atoms with Crippen LogP contribution in [-0.4, -0.2) is 20.3 Å². The summed E-state index contributed by atoms with van der Waals surface area (Å²) in [5.74, 6) is 2.56. The summed E-state index contributed by atoms with van der Waals surface area (Å²) in [5, 5.41) is 3.59. The van der Waals surface area contributed by atoms with Gasteiger partial charge in [-0.3, -0.25) is 0 Å². The first kappa shape index (κ1) is 15.2. The third-order valence-electron chi connectivity index (χ3n) is 4.04. The van der Waals surface area contributed by atoms with Gasteiger partial charge in [-0.2, -0.15) is 0 Å². The molecule has 0 aromatic heterocycles. The highest BCUT2D eigenvalue weighted by atomic mass is 16.5. The van der Waals surface area contributed by atoms with Gasteiger partial charge in [-0.25, -0.2) is 0 Å². The number of methoxy groups -OCH3 is 1. The Morgan fingerprint density at radius 3 is 2.70 bits per heavy atom. The first-order chi connectivity index (χ1) is 9.85. The van der Waals surface area contributed by atoms with Crippen LogP contribution in [0, 0.1) is 5.92 Å². The Labute approximate surface area is 122 Å². The van der Waals surface area contributed by atoms with Crippen molar-refractivity contribution in [2.24, 2.45) is 5.92 Å². The maximum absolute atomic E-state index is 5.74. The SMILES string of the molecule is CCOc1c(CNCC2CCCCC2)cccc1OC. The lowest BCUT2D eigenvalue weighted by atomic mass is 9.89. The molecule has 1 aliphatic rings. The fourth-order valence-corrected chi connectivity index (χ4v) is 2.97. The molecule has 1 aromatic rings. The van der Waals surface area contributed by atoms with Gasteiger partial charge in [0.2, 0.25) is 0 Å². The molecular weight excluding hydrogens is 250 g/mol. The van der Waals surface area contributed by atoms with Crippen LogP contribution in [0.4, 0.5) is 0 Å². The normalized spacial score (nSPS) is 16.1. The van der Waals surface area contributed by atoms with Gasteiger partial charge in [0.15, 0.2) is 11.5 Å². The number of rotatable bonds is 7. The minimum Gasteiger partial charge on any atom is -0.493 e. The molecule has 0 saturated heterocycles.